The molecular weight excluding hydrogens is 523 g/mol. The van der Waals surface area contributed by atoms with E-state index in [-0.39, 0.29) is 24.6 Å². The zero-order valence-electron chi connectivity index (χ0n) is 16.7. The lowest BCUT2D eigenvalue weighted by Gasteiger charge is -2.09. The summed E-state index contributed by atoms with van der Waals surface area (Å²) < 4.78 is 51.4. The summed E-state index contributed by atoms with van der Waals surface area (Å²) in [5.74, 6) is 0. The molecule has 4 rings (SSSR count). The number of hydrogen-bond donors (Lipinski definition) is 0. The Balaban J connectivity index is 1.61. The van der Waals surface area contributed by atoms with E-state index in [4.69, 9.17) is 34.8 Å². The van der Waals surface area contributed by atoms with Gasteiger partial charge in [0, 0.05) is 10.0 Å². The highest BCUT2D eigenvalue weighted by molar-refractivity contribution is 7.91. The van der Waals surface area contributed by atoms with Crippen LogP contribution in [0.15, 0.2) is 111 Å². The molecule has 168 valence electrons. The molecule has 4 aromatic rings. The zero-order valence-corrected chi connectivity index (χ0v) is 20.6. The Morgan fingerprint density at radius 3 is 1.30 bits per heavy atom. The zero-order chi connectivity index (χ0) is 23.8. The van der Waals surface area contributed by atoms with Crippen molar-refractivity contribution >= 4 is 54.5 Å². The summed E-state index contributed by atoms with van der Waals surface area (Å²) in [4.78, 5) is 0.343. The van der Waals surface area contributed by atoms with Crippen molar-refractivity contribution in [2.24, 2.45) is 0 Å². The van der Waals surface area contributed by atoms with Crippen molar-refractivity contribution in [3.05, 3.63) is 106 Å². The summed E-state index contributed by atoms with van der Waals surface area (Å²) in [6.07, 6.45) is 0. The molecule has 9 heteroatoms. The van der Waals surface area contributed by atoms with Crippen molar-refractivity contribution in [3.8, 4) is 11.1 Å². The van der Waals surface area contributed by atoms with Gasteiger partial charge in [-0.2, -0.15) is 0 Å². The van der Waals surface area contributed by atoms with Crippen LogP contribution in [0, 0.1) is 0 Å². The van der Waals surface area contributed by atoms with Crippen LogP contribution < -0.4 is 0 Å². The van der Waals surface area contributed by atoms with Crippen molar-refractivity contribution in [2.75, 3.05) is 0 Å². The summed E-state index contributed by atoms with van der Waals surface area (Å²) in [5, 5.41) is 0.841. The maximum atomic E-state index is 12.9. The molecule has 0 atom stereocenters. The third-order valence-electron chi connectivity index (χ3n) is 4.97. The maximum absolute atomic E-state index is 12.9. The van der Waals surface area contributed by atoms with Gasteiger partial charge in [0.05, 0.1) is 24.6 Å². The van der Waals surface area contributed by atoms with Crippen LogP contribution in [-0.2, 0) is 19.7 Å². The molecule has 0 fully saturated rings. The van der Waals surface area contributed by atoms with Crippen molar-refractivity contribution in [1.82, 2.24) is 0 Å². The van der Waals surface area contributed by atoms with Gasteiger partial charge >= 0.3 is 0 Å². The fraction of sp³-hybridized carbons (Fsp3) is 0. The second-order valence-corrected chi connectivity index (χ2v) is 12.2. The number of sulfone groups is 2. The molecule has 0 saturated heterocycles. The van der Waals surface area contributed by atoms with E-state index < -0.39 is 19.7 Å². The first-order valence-electron chi connectivity index (χ1n) is 9.50. The van der Waals surface area contributed by atoms with E-state index in [1.807, 2.05) is 0 Å². The third-order valence-corrected chi connectivity index (χ3v) is 9.50. The normalized spacial score (nSPS) is 12.0. The predicted molar refractivity (Wildman–Crippen MR) is 131 cm³/mol. The highest BCUT2D eigenvalue weighted by Crippen LogP contribution is 2.31. The molecule has 4 aromatic carbocycles. The van der Waals surface area contributed by atoms with Gasteiger partial charge in [-0.3, -0.25) is 0 Å². The highest BCUT2D eigenvalue weighted by Gasteiger charge is 2.21. The largest absolute Gasteiger partial charge is 0.219 e. The molecule has 0 spiro atoms. The second-order valence-electron chi connectivity index (χ2n) is 7.08. The quantitative estimate of drug-likeness (QED) is 0.275. The molecule has 0 aliphatic rings. The van der Waals surface area contributed by atoms with Crippen LogP contribution in [0.2, 0.25) is 15.1 Å². The van der Waals surface area contributed by atoms with E-state index in [1.165, 1.54) is 66.7 Å². The van der Waals surface area contributed by atoms with Gasteiger partial charge in [-0.15, -0.1) is 0 Å². The Hall–Kier alpha value is -2.35. The van der Waals surface area contributed by atoms with Gasteiger partial charge in [-0.1, -0.05) is 59.1 Å². The molecule has 0 aromatic heterocycles. The lowest BCUT2D eigenvalue weighted by atomic mass is 10.1. The first kappa shape index (κ1) is 23.8. The molecule has 0 unspecified atom stereocenters. The summed E-state index contributed by atoms with van der Waals surface area (Å²) in [6.45, 7) is 0. The SMILES string of the molecule is O=S(=O)(c1ccc(Cl)cc1)c1ccc(-c2ccc(S(=O)(=O)c3ccc(Cl)cc3Cl)cc2)cc1. The molecule has 0 N–H and O–H groups in total. The topological polar surface area (TPSA) is 68.3 Å². The van der Waals surface area contributed by atoms with E-state index >= 15 is 0 Å². The summed E-state index contributed by atoms with van der Waals surface area (Å²) in [7, 11) is -7.50. The Morgan fingerprint density at radius 2 is 0.848 bits per heavy atom. The molecule has 0 amide bonds. The standard InChI is InChI=1S/C24H15Cl3O4S2/c25-18-5-12-21(13-6-18)32(28,29)20-8-1-16(2-9-20)17-3-10-22(11-4-17)33(30,31)24-14-7-19(26)15-23(24)27/h1-15H. The van der Waals surface area contributed by atoms with E-state index in [0.717, 1.165) is 11.1 Å². The first-order valence-corrected chi connectivity index (χ1v) is 13.6. The van der Waals surface area contributed by atoms with E-state index in [1.54, 1.807) is 24.3 Å². The number of rotatable bonds is 5. The Labute approximate surface area is 207 Å². The average molecular weight is 538 g/mol. The molecule has 0 aliphatic carbocycles. The van der Waals surface area contributed by atoms with Gasteiger partial charge in [0.25, 0.3) is 0 Å². The van der Waals surface area contributed by atoms with Crippen LogP contribution in [0.1, 0.15) is 0 Å². The fourth-order valence-electron chi connectivity index (χ4n) is 3.22. The minimum atomic E-state index is -3.82. The number of halogens is 3. The minimum Gasteiger partial charge on any atom is -0.219 e. The Morgan fingerprint density at radius 1 is 0.455 bits per heavy atom. The van der Waals surface area contributed by atoms with Gasteiger partial charge in [0.15, 0.2) is 0 Å². The molecule has 0 aliphatic heterocycles. The van der Waals surface area contributed by atoms with E-state index in [9.17, 15) is 16.8 Å². The Kier molecular flexibility index (Phi) is 6.58. The number of hydrogen-bond acceptors (Lipinski definition) is 4. The Bertz CT molecular complexity index is 1530. The average Bonchev–Trinajstić information content (AvgIpc) is 2.79. The number of benzene rings is 4. The lowest BCUT2D eigenvalue weighted by Crippen LogP contribution is -2.03. The van der Waals surface area contributed by atoms with Gasteiger partial charge in [-0.05, 0) is 77.9 Å². The molecule has 33 heavy (non-hydrogen) atoms. The van der Waals surface area contributed by atoms with Gasteiger partial charge in [0.2, 0.25) is 19.7 Å². The summed E-state index contributed by atoms with van der Waals surface area (Å²) in [6, 6.07) is 22.8. The second kappa shape index (κ2) is 9.12. The van der Waals surface area contributed by atoms with Crippen molar-refractivity contribution in [2.45, 2.75) is 19.6 Å². The van der Waals surface area contributed by atoms with Crippen molar-refractivity contribution in [1.29, 1.82) is 0 Å². The third kappa shape index (κ3) is 4.81. The summed E-state index contributed by atoms with van der Waals surface area (Å²) in [5.41, 5.74) is 1.46. The smallest absolute Gasteiger partial charge is 0.208 e. The van der Waals surface area contributed by atoms with E-state index in [0.29, 0.717) is 10.0 Å². The van der Waals surface area contributed by atoms with Crippen LogP contribution in [0.25, 0.3) is 11.1 Å². The van der Waals surface area contributed by atoms with Crippen LogP contribution >= 0.6 is 34.8 Å². The first-order chi connectivity index (χ1) is 15.6. The van der Waals surface area contributed by atoms with Gasteiger partial charge < -0.3 is 0 Å². The minimum absolute atomic E-state index is 0.0296. The van der Waals surface area contributed by atoms with Crippen molar-refractivity contribution in [3.63, 3.8) is 0 Å². The van der Waals surface area contributed by atoms with Gasteiger partial charge in [-0.25, -0.2) is 16.8 Å². The molecular formula is C24H15Cl3O4S2. The maximum Gasteiger partial charge on any atom is 0.208 e. The van der Waals surface area contributed by atoms with Crippen molar-refractivity contribution < 1.29 is 16.8 Å². The highest BCUT2D eigenvalue weighted by atomic mass is 35.5. The van der Waals surface area contributed by atoms with Gasteiger partial charge in [0.1, 0.15) is 0 Å². The lowest BCUT2D eigenvalue weighted by molar-refractivity contribution is 0.594. The molecule has 0 heterocycles. The van der Waals surface area contributed by atoms with Crippen LogP contribution in [0.3, 0.4) is 0 Å². The predicted octanol–water partition coefficient (Wildman–Crippen LogP) is 6.98. The monoisotopic (exact) mass is 536 g/mol. The molecule has 4 nitrogen and oxygen atoms in total. The molecule has 0 saturated carbocycles. The molecule has 0 bridgehead atoms. The van der Waals surface area contributed by atoms with Crippen LogP contribution in [0.4, 0.5) is 0 Å². The van der Waals surface area contributed by atoms with Crippen LogP contribution in [-0.4, -0.2) is 16.8 Å². The molecule has 0 radical (unpaired) electrons. The van der Waals surface area contributed by atoms with E-state index in [2.05, 4.69) is 0 Å². The fourth-order valence-corrected chi connectivity index (χ4v) is 6.63. The van der Waals surface area contributed by atoms with Crippen LogP contribution in [0.5, 0.6) is 0 Å². The summed E-state index contributed by atoms with van der Waals surface area (Å²) >= 11 is 17.8.